The molecule has 2 rings (SSSR count). The number of likely N-dealkylation sites (tertiary alicyclic amines) is 1. The SMILES string of the molecule is CCCNC1CCCC1CN1CCCC1C. The van der Waals surface area contributed by atoms with Gasteiger partial charge in [-0.2, -0.15) is 0 Å². The number of rotatable bonds is 5. The maximum atomic E-state index is 3.74. The Kier molecular flexibility index (Phi) is 4.66. The van der Waals surface area contributed by atoms with Crippen LogP contribution < -0.4 is 5.32 Å². The smallest absolute Gasteiger partial charge is 0.0107 e. The highest BCUT2D eigenvalue weighted by Crippen LogP contribution is 2.29. The highest BCUT2D eigenvalue weighted by atomic mass is 15.2. The maximum absolute atomic E-state index is 3.74. The Labute approximate surface area is 101 Å². The van der Waals surface area contributed by atoms with Gasteiger partial charge in [0, 0.05) is 18.6 Å². The summed E-state index contributed by atoms with van der Waals surface area (Å²) in [4.78, 5) is 2.72. The zero-order chi connectivity index (χ0) is 11.4. The van der Waals surface area contributed by atoms with E-state index in [-0.39, 0.29) is 0 Å². The van der Waals surface area contributed by atoms with E-state index >= 15 is 0 Å². The average Bonchev–Trinajstić information content (AvgIpc) is 2.87. The van der Waals surface area contributed by atoms with Crippen molar-refractivity contribution in [1.82, 2.24) is 10.2 Å². The molecular weight excluding hydrogens is 196 g/mol. The Hall–Kier alpha value is -0.0800. The van der Waals surface area contributed by atoms with Crippen LogP contribution in [-0.4, -0.2) is 36.6 Å². The molecule has 1 heterocycles. The van der Waals surface area contributed by atoms with E-state index in [2.05, 4.69) is 24.1 Å². The van der Waals surface area contributed by atoms with Gasteiger partial charge < -0.3 is 10.2 Å². The van der Waals surface area contributed by atoms with Gasteiger partial charge in [0.1, 0.15) is 0 Å². The van der Waals surface area contributed by atoms with Gasteiger partial charge in [0.2, 0.25) is 0 Å². The van der Waals surface area contributed by atoms with E-state index < -0.39 is 0 Å². The normalized spacial score (nSPS) is 36.0. The molecule has 0 aromatic rings. The molecule has 3 atom stereocenters. The lowest BCUT2D eigenvalue weighted by atomic mass is 10.0. The minimum Gasteiger partial charge on any atom is -0.314 e. The van der Waals surface area contributed by atoms with Crippen molar-refractivity contribution in [1.29, 1.82) is 0 Å². The van der Waals surface area contributed by atoms with Crippen LogP contribution in [0.1, 0.15) is 52.4 Å². The fraction of sp³-hybridized carbons (Fsp3) is 1.00. The van der Waals surface area contributed by atoms with E-state index in [4.69, 9.17) is 0 Å². The quantitative estimate of drug-likeness (QED) is 0.772. The summed E-state index contributed by atoms with van der Waals surface area (Å²) < 4.78 is 0. The lowest BCUT2D eigenvalue weighted by Crippen LogP contribution is -2.40. The van der Waals surface area contributed by atoms with E-state index in [9.17, 15) is 0 Å². The zero-order valence-corrected chi connectivity index (χ0v) is 11.0. The van der Waals surface area contributed by atoms with E-state index in [1.165, 1.54) is 58.2 Å². The molecule has 0 bridgehead atoms. The first kappa shape index (κ1) is 12.4. The van der Waals surface area contributed by atoms with Crippen molar-refractivity contribution < 1.29 is 0 Å². The molecule has 2 nitrogen and oxygen atoms in total. The van der Waals surface area contributed by atoms with Crippen LogP contribution in [0.25, 0.3) is 0 Å². The molecule has 2 fully saturated rings. The number of nitrogens with zero attached hydrogens (tertiary/aromatic N) is 1. The van der Waals surface area contributed by atoms with E-state index in [0.29, 0.717) is 0 Å². The standard InChI is InChI=1S/C14H28N2/c1-3-9-15-14-8-4-7-13(14)11-16-10-5-6-12(16)2/h12-15H,3-11H2,1-2H3. The van der Waals surface area contributed by atoms with Gasteiger partial charge in [0.15, 0.2) is 0 Å². The van der Waals surface area contributed by atoms with Gasteiger partial charge in [0.05, 0.1) is 0 Å². The van der Waals surface area contributed by atoms with Crippen LogP contribution in [0.4, 0.5) is 0 Å². The molecule has 0 aromatic carbocycles. The minimum absolute atomic E-state index is 0.813. The van der Waals surface area contributed by atoms with Gasteiger partial charge in [-0.3, -0.25) is 0 Å². The Balaban J connectivity index is 1.78. The molecule has 2 aliphatic rings. The van der Waals surface area contributed by atoms with Crippen LogP contribution >= 0.6 is 0 Å². The second-order valence-corrected chi connectivity index (χ2v) is 5.74. The monoisotopic (exact) mass is 224 g/mol. The zero-order valence-electron chi connectivity index (χ0n) is 11.0. The summed E-state index contributed by atoms with van der Waals surface area (Å²) in [5.41, 5.74) is 0. The molecule has 1 N–H and O–H groups in total. The van der Waals surface area contributed by atoms with Crippen molar-refractivity contribution in [2.75, 3.05) is 19.6 Å². The summed E-state index contributed by atoms with van der Waals surface area (Å²) in [6.45, 7) is 8.56. The Bertz CT molecular complexity index is 205. The summed E-state index contributed by atoms with van der Waals surface area (Å²) in [5.74, 6) is 0.923. The molecule has 0 aromatic heterocycles. The third kappa shape index (κ3) is 2.98. The molecule has 0 spiro atoms. The predicted octanol–water partition coefficient (Wildman–Crippen LogP) is 2.64. The predicted molar refractivity (Wildman–Crippen MR) is 69.7 cm³/mol. The fourth-order valence-electron chi connectivity index (χ4n) is 3.42. The maximum Gasteiger partial charge on any atom is 0.0107 e. The first-order valence-electron chi connectivity index (χ1n) is 7.28. The van der Waals surface area contributed by atoms with Crippen molar-refractivity contribution >= 4 is 0 Å². The van der Waals surface area contributed by atoms with Gasteiger partial charge in [-0.05, 0) is 58.0 Å². The van der Waals surface area contributed by atoms with Gasteiger partial charge in [-0.1, -0.05) is 13.3 Å². The van der Waals surface area contributed by atoms with Crippen LogP contribution in [0.2, 0.25) is 0 Å². The molecule has 1 aliphatic heterocycles. The Morgan fingerprint density at radius 1 is 1.19 bits per heavy atom. The lowest BCUT2D eigenvalue weighted by Gasteiger charge is -2.28. The van der Waals surface area contributed by atoms with Gasteiger partial charge in [0.25, 0.3) is 0 Å². The molecule has 94 valence electrons. The Morgan fingerprint density at radius 3 is 2.75 bits per heavy atom. The van der Waals surface area contributed by atoms with Crippen LogP contribution in [0.15, 0.2) is 0 Å². The number of hydrogen-bond donors (Lipinski definition) is 1. The summed E-state index contributed by atoms with van der Waals surface area (Å²) in [6.07, 6.45) is 8.40. The largest absolute Gasteiger partial charge is 0.314 e. The summed E-state index contributed by atoms with van der Waals surface area (Å²) in [6, 6.07) is 1.65. The van der Waals surface area contributed by atoms with Crippen molar-refractivity contribution in [3.8, 4) is 0 Å². The highest BCUT2D eigenvalue weighted by molar-refractivity contribution is 4.87. The molecular formula is C14H28N2. The van der Waals surface area contributed by atoms with Crippen LogP contribution in [0, 0.1) is 5.92 Å². The lowest BCUT2D eigenvalue weighted by molar-refractivity contribution is 0.208. The number of nitrogens with one attached hydrogen (secondary N) is 1. The summed E-state index contributed by atoms with van der Waals surface area (Å²) >= 11 is 0. The first-order chi connectivity index (χ1) is 7.81. The fourth-order valence-corrected chi connectivity index (χ4v) is 3.42. The van der Waals surface area contributed by atoms with Crippen LogP contribution in [0.3, 0.4) is 0 Å². The second-order valence-electron chi connectivity index (χ2n) is 5.74. The van der Waals surface area contributed by atoms with Crippen molar-refractivity contribution in [2.45, 2.75) is 64.5 Å². The van der Waals surface area contributed by atoms with Crippen molar-refractivity contribution in [2.24, 2.45) is 5.92 Å². The average molecular weight is 224 g/mol. The molecule has 3 unspecified atom stereocenters. The molecule has 1 aliphatic carbocycles. The van der Waals surface area contributed by atoms with Crippen molar-refractivity contribution in [3.05, 3.63) is 0 Å². The van der Waals surface area contributed by atoms with Gasteiger partial charge in [-0.25, -0.2) is 0 Å². The summed E-state index contributed by atoms with van der Waals surface area (Å²) in [5, 5.41) is 3.74. The van der Waals surface area contributed by atoms with E-state index in [1.54, 1.807) is 0 Å². The molecule has 1 saturated carbocycles. The minimum atomic E-state index is 0.813. The second kappa shape index (κ2) is 6.02. The van der Waals surface area contributed by atoms with Gasteiger partial charge >= 0.3 is 0 Å². The Morgan fingerprint density at radius 2 is 2.06 bits per heavy atom. The van der Waals surface area contributed by atoms with Crippen LogP contribution in [0.5, 0.6) is 0 Å². The number of hydrogen-bond acceptors (Lipinski definition) is 2. The molecule has 2 heteroatoms. The molecule has 16 heavy (non-hydrogen) atoms. The van der Waals surface area contributed by atoms with Crippen LogP contribution in [-0.2, 0) is 0 Å². The third-order valence-corrected chi connectivity index (χ3v) is 4.48. The molecule has 1 saturated heterocycles. The first-order valence-corrected chi connectivity index (χ1v) is 7.28. The van der Waals surface area contributed by atoms with Gasteiger partial charge in [-0.15, -0.1) is 0 Å². The summed E-state index contributed by atoms with van der Waals surface area (Å²) in [7, 11) is 0. The topological polar surface area (TPSA) is 15.3 Å². The third-order valence-electron chi connectivity index (χ3n) is 4.48. The van der Waals surface area contributed by atoms with E-state index in [1.807, 2.05) is 0 Å². The highest BCUT2D eigenvalue weighted by Gasteiger charge is 2.30. The molecule has 0 radical (unpaired) electrons. The molecule has 0 amide bonds. The van der Waals surface area contributed by atoms with Crippen molar-refractivity contribution in [3.63, 3.8) is 0 Å². The van der Waals surface area contributed by atoms with E-state index in [0.717, 1.165) is 18.0 Å².